The molecule has 0 saturated carbocycles. The molecule has 2 atom stereocenters. The predicted molar refractivity (Wildman–Crippen MR) is 144 cm³/mol. The van der Waals surface area contributed by atoms with Crippen LogP contribution in [-0.4, -0.2) is 39.9 Å². The molecule has 0 aromatic heterocycles. The Hall–Kier alpha value is -1.59. The fourth-order valence-electron chi connectivity index (χ4n) is 4.70. The van der Waals surface area contributed by atoms with Crippen molar-refractivity contribution >= 4 is 26.5 Å². The zero-order valence-electron chi connectivity index (χ0n) is 21.8. The van der Waals surface area contributed by atoms with Crippen molar-refractivity contribution < 1.29 is 8.42 Å². The Morgan fingerprint density at radius 2 is 1.27 bits per heavy atom. The number of unbranched alkanes of at least 4 members (excludes halogenated alkanes) is 2. The fraction of sp³-hybridized carbons (Fsp3) is 0.643. The minimum absolute atomic E-state index is 0.399. The topological polar surface area (TPSA) is 40.6 Å². The summed E-state index contributed by atoms with van der Waals surface area (Å²) in [5, 5.41) is 1.80. The van der Waals surface area contributed by atoms with E-state index < -0.39 is 10.0 Å². The van der Waals surface area contributed by atoms with Gasteiger partial charge in [-0.15, -0.1) is 0 Å². The van der Waals surface area contributed by atoms with E-state index in [9.17, 15) is 8.42 Å². The standard InChI is InChI=1S/C28H46N2O2S/c1-7-11-15-23(9-3)21-30(22-24(10-4)16-12-8-2)33(31,32)28-20-14-17-25-26(28)18-13-19-27(25)29(5)6/h13-14,17-20,23-24H,7-12,15-16,21-22H2,1-6H3. The first-order valence-corrected chi connectivity index (χ1v) is 14.4. The van der Waals surface area contributed by atoms with Crippen molar-refractivity contribution in [2.75, 3.05) is 32.1 Å². The van der Waals surface area contributed by atoms with E-state index in [4.69, 9.17) is 0 Å². The molecule has 2 rings (SSSR count). The van der Waals surface area contributed by atoms with Crippen LogP contribution in [0.15, 0.2) is 41.3 Å². The van der Waals surface area contributed by atoms with E-state index in [2.05, 4.69) is 27.7 Å². The molecule has 2 aromatic rings. The van der Waals surface area contributed by atoms with Gasteiger partial charge in [0.1, 0.15) is 0 Å². The number of nitrogens with zero attached hydrogens (tertiary/aromatic N) is 2. The number of sulfonamides is 1. The molecule has 2 aromatic carbocycles. The Morgan fingerprint density at radius 1 is 0.758 bits per heavy atom. The van der Waals surface area contributed by atoms with E-state index in [1.54, 1.807) is 6.07 Å². The maximum atomic E-state index is 14.2. The van der Waals surface area contributed by atoms with Crippen LogP contribution in [0.3, 0.4) is 0 Å². The Labute approximate surface area is 203 Å². The van der Waals surface area contributed by atoms with Gasteiger partial charge in [0.2, 0.25) is 10.0 Å². The second-order valence-corrected chi connectivity index (χ2v) is 11.6. The summed E-state index contributed by atoms with van der Waals surface area (Å²) >= 11 is 0. The van der Waals surface area contributed by atoms with E-state index in [0.717, 1.165) is 67.8 Å². The number of anilines is 1. The van der Waals surface area contributed by atoms with Gasteiger partial charge in [-0.2, -0.15) is 4.31 Å². The molecule has 0 aliphatic rings. The van der Waals surface area contributed by atoms with Gasteiger partial charge in [0, 0.05) is 43.6 Å². The molecule has 0 bridgehead atoms. The molecular weight excluding hydrogens is 428 g/mol. The van der Waals surface area contributed by atoms with Gasteiger partial charge in [-0.05, 0) is 36.8 Å². The average Bonchev–Trinajstić information content (AvgIpc) is 2.81. The molecule has 4 nitrogen and oxygen atoms in total. The van der Waals surface area contributed by atoms with Crippen molar-refractivity contribution in [1.29, 1.82) is 0 Å². The summed E-state index contributed by atoms with van der Waals surface area (Å²) in [7, 11) is 0.387. The Morgan fingerprint density at radius 3 is 1.76 bits per heavy atom. The first-order valence-electron chi connectivity index (χ1n) is 13.0. The van der Waals surface area contributed by atoms with E-state index in [-0.39, 0.29) is 0 Å². The van der Waals surface area contributed by atoms with Gasteiger partial charge in [-0.3, -0.25) is 0 Å². The Kier molecular flexibility index (Phi) is 11.2. The molecule has 0 aliphatic carbocycles. The smallest absolute Gasteiger partial charge is 0.243 e. The summed E-state index contributed by atoms with van der Waals surface area (Å²) in [6.45, 7) is 10.0. The third-order valence-corrected chi connectivity index (χ3v) is 8.86. The molecule has 0 N–H and O–H groups in total. The van der Waals surface area contributed by atoms with E-state index in [1.807, 2.05) is 53.6 Å². The number of hydrogen-bond donors (Lipinski definition) is 0. The summed E-state index contributed by atoms with van der Waals surface area (Å²) in [6, 6.07) is 11.7. The van der Waals surface area contributed by atoms with Crippen molar-refractivity contribution in [3.05, 3.63) is 36.4 Å². The second kappa shape index (κ2) is 13.3. The summed E-state index contributed by atoms with van der Waals surface area (Å²) in [5.41, 5.74) is 1.04. The van der Waals surface area contributed by atoms with Crippen LogP contribution in [0.2, 0.25) is 0 Å². The summed E-state index contributed by atoms with van der Waals surface area (Å²) in [4.78, 5) is 2.49. The van der Waals surface area contributed by atoms with Crippen molar-refractivity contribution in [1.82, 2.24) is 4.31 Å². The van der Waals surface area contributed by atoms with Crippen molar-refractivity contribution in [3.63, 3.8) is 0 Å². The maximum Gasteiger partial charge on any atom is 0.243 e. The lowest BCUT2D eigenvalue weighted by Gasteiger charge is -2.30. The highest BCUT2D eigenvalue weighted by atomic mass is 32.2. The summed E-state index contributed by atoms with van der Waals surface area (Å²) < 4.78 is 30.2. The number of fused-ring (bicyclic) bond motifs is 1. The molecule has 5 heteroatoms. The van der Waals surface area contributed by atoms with Gasteiger partial charge in [0.15, 0.2) is 0 Å². The minimum atomic E-state index is -3.62. The lowest BCUT2D eigenvalue weighted by atomic mass is 9.97. The molecule has 0 amide bonds. The molecule has 0 aliphatic heterocycles. The van der Waals surface area contributed by atoms with Crippen LogP contribution in [0.1, 0.15) is 79.1 Å². The molecule has 2 unspecified atom stereocenters. The molecule has 0 fully saturated rings. The Balaban J connectivity index is 2.52. The molecule has 33 heavy (non-hydrogen) atoms. The summed E-state index contributed by atoms with van der Waals surface area (Å²) in [6.07, 6.45) is 8.80. The lowest BCUT2D eigenvalue weighted by Crippen LogP contribution is -2.39. The van der Waals surface area contributed by atoms with Crippen molar-refractivity contribution in [2.45, 2.75) is 84.0 Å². The van der Waals surface area contributed by atoms with E-state index >= 15 is 0 Å². The van der Waals surface area contributed by atoms with Crippen LogP contribution in [-0.2, 0) is 10.0 Å². The summed E-state index contributed by atoms with van der Waals surface area (Å²) in [5.74, 6) is 0.798. The average molecular weight is 475 g/mol. The van der Waals surface area contributed by atoms with Gasteiger partial charge in [0.25, 0.3) is 0 Å². The van der Waals surface area contributed by atoms with Gasteiger partial charge in [-0.25, -0.2) is 8.42 Å². The molecule has 186 valence electrons. The van der Waals surface area contributed by atoms with E-state index in [1.165, 1.54) is 0 Å². The van der Waals surface area contributed by atoms with E-state index in [0.29, 0.717) is 29.8 Å². The van der Waals surface area contributed by atoms with Crippen LogP contribution in [0.4, 0.5) is 5.69 Å². The number of benzene rings is 2. The lowest BCUT2D eigenvalue weighted by molar-refractivity contribution is 0.270. The van der Waals surface area contributed by atoms with Crippen LogP contribution < -0.4 is 4.90 Å². The molecule has 0 radical (unpaired) electrons. The molecule has 0 saturated heterocycles. The zero-order chi connectivity index (χ0) is 24.4. The quantitative estimate of drug-likeness (QED) is 0.271. The predicted octanol–water partition coefficient (Wildman–Crippen LogP) is 7.33. The van der Waals surface area contributed by atoms with Crippen LogP contribution in [0.5, 0.6) is 0 Å². The van der Waals surface area contributed by atoms with Crippen LogP contribution in [0, 0.1) is 11.8 Å². The Bertz CT molecular complexity index is 938. The highest BCUT2D eigenvalue weighted by Crippen LogP contribution is 2.33. The molecular formula is C28H46N2O2S. The van der Waals surface area contributed by atoms with Crippen LogP contribution >= 0.6 is 0 Å². The second-order valence-electron chi connectivity index (χ2n) is 9.68. The number of hydrogen-bond acceptors (Lipinski definition) is 3. The molecule has 0 spiro atoms. The maximum absolute atomic E-state index is 14.2. The largest absolute Gasteiger partial charge is 0.377 e. The van der Waals surface area contributed by atoms with Crippen LogP contribution in [0.25, 0.3) is 10.8 Å². The van der Waals surface area contributed by atoms with Gasteiger partial charge in [-0.1, -0.05) is 90.5 Å². The first-order chi connectivity index (χ1) is 15.8. The van der Waals surface area contributed by atoms with Gasteiger partial charge in [0.05, 0.1) is 4.90 Å². The van der Waals surface area contributed by atoms with Gasteiger partial charge >= 0.3 is 0 Å². The highest BCUT2D eigenvalue weighted by molar-refractivity contribution is 7.89. The fourth-order valence-corrected chi connectivity index (χ4v) is 6.50. The normalized spacial score (nSPS) is 14.0. The van der Waals surface area contributed by atoms with Crippen molar-refractivity contribution in [3.8, 4) is 0 Å². The highest BCUT2D eigenvalue weighted by Gasteiger charge is 2.30. The third kappa shape index (κ3) is 7.19. The zero-order valence-corrected chi connectivity index (χ0v) is 22.6. The first kappa shape index (κ1) is 27.7. The van der Waals surface area contributed by atoms with Gasteiger partial charge < -0.3 is 4.90 Å². The van der Waals surface area contributed by atoms with Crippen molar-refractivity contribution in [2.24, 2.45) is 11.8 Å². The number of rotatable bonds is 15. The monoisotopic (exact) mass is 474 g/mol. The SMILES string of the molecule is CCCCC(CC)CN(CC(CC)CCCC)S(=O)(=O)c1cccc2c(N(C)C)cccc12. The third-order valence-electron chi connectivity index (χ3n) is 6.97. The minimum Gasteiger partial charge on any atom is -0.377 e. The molecule has 0 heterocycles.